The van der Waals surface area contributed by atoms with E-state index in [1.807, 2.05) is 24.8 Å². The third-order valence-electron chi connectivity index (χ3n) is 4.42. The molecule has 3 rings (SSSR count). The van der Waals surface area contributed by atoms with Gasteiger partial charge in [-0.25, -0.2) is 0 Å². The van der Waals surface area contributed by atoms with E-state index in [0.29, 0.717) is 17.9 Å². The molecule has 122 valence electrons. The molecule has 0 unspecified atom stereocenters. The summed E-state index contributed by atoms with van der Waals surface area (Å²) in [4.78, 5) is 15.0. The van der Waals surface area contributed by atoms with Crippen molar-refractivity contribution < 1.29 is 13.9 Å². The minimum atomic E-state index is -0.0453. The van der Waals surface area contributed by atoms with Gasteiger partial charge in [0.1, 0.15) is 17.3 Å². The van der Waals surface area contributed by atoms with E-state index in [9.17, 15) is 4.79 Å². The van der Waals surface area contributed by atoms with Gasteiger partial charge in [0.25, 0.3) is 5.91 Å². The SMILES string of the molecule is COc1ccc(C)c2c1N(C(=O)c1c(C)oc(C)c1Br)CCC2. The number of amides is 1. The summed E-state index contributed by atoms with van der Waals surface area (Å²) >= 11 is 3.49. The monoisotopic (exact) mass is 377 g/mol. The first kappa shape index (κ1) is 16.1. The molecule has 1 aromatic heterocycles. The summed E-state index contributed by atoms with van der Waals surface area (Å²) in [6, 6.07) is 3.98. The first-order chi connectivity index (χ1) is 11.0. The summed E-state index contributed by atoms with van der Waals surface area (Å²) in [7, 11) is 1.64. The smallest absolute Gasteiger partial charge is 0.263 e. The lowest BCUT2D eigenvalue weighted by atomic mass is 9.95. The number of anilines is 1. The summed E-state index contributed by atoms with van der Waals surface area (Å²) in [6.07, 6.45) is 1.91. The highest BCUT2D eigenvalue weighted by atomic mass is 79.9. The highest BCUT2D eigenvalue weighted by Gasteiger charge is 2.31. The number of carbonyl (C=O) groups is 1. The molecule has 0 radical (unpaired) electrons. The lowest BCUT2D eigenvalue weighted by molar-refractivity contribution is 0.0982. The number of hydrogen-bond donors (Lipinski definition) is 0. The van der Waals surface area contributed by atoms with Crippen molar-refractivity contribution >= 4 is 27.5 Å². The summed E-state index contributed by atoms with van der Waals surface area (Å²) in [6.45, 7) is 6.43. The van der Waals surface area contributed by atoms with Gasteiger partial charge in [0.2, 0.25) is 0 Å². The van der Waals surface area contributed by atoms with Gasteiger partial charge in [0.05, 0.1) is 22.8 Å². The number of aryl methyl sites for hydroxylation is 3. The van der Waals surface area contributed by atoms with Crippen LogP contribution in [0.3, 0.4) is 0 Å². The maximum absolute atomic E-state index is 13.2. The fourth-order valence-electron chi connectivity index (χ4n) is 3.26. The van der Waals surface area contributed by atoms with Crippen molar-refractivity contribution in [3.8, 4) is 5.75 Å². The molecule has 0 aliphatic carbocycles. The molecule has 0 bridgehead atoms. The summed E-state index contributed by atoms with van der Waals surface area (Å²) in [5.74, 6) is 2.06. The van der Waals surface area contributed by atoms with Crippen LogP contribution in [0.2, 0.25) is 0 Å². The van der Waals surface area contributed by atoms with Crippen LogP contribution in [-0.4, -0.2) is 19.6 Å². The van der Waals surface area contributed by atoms with Crippen molar-refractivity contribution in [2.75, 3.05) is 18.6 Å². The quantitative estimate of drug-likeness (QED) is 0.769. The van der Waals surface area contributed by atoms with E-state index >= 15 is 0 Å². The molecule has 0 spiro atoms. The van der Waals surface area contributed by atoms with E-state index in [1.165, 1.54) is 11.1 Å². The number of methoxy groups -OCH3 is 1. The average Bonchev–Trinajstić information content (AvgIpc) is 2.79. The Bertz CT molecular complexity index is 779. The molecule has 0 saturated heterocycles. The van der Waals surface area contributed by atoms with Gasteiger partial charge in [-0.05, 0) is 66.7 Å². The van der Waals surface area contributed by atoms with Gasteiger partial charge in [-0.1, -0.05) is 6.07 Å². The van der Waals surface area contributed by atoms with Gasteiger partial charge >= 0.3 is 0 Å². The highest BCUT2D eigenvalue weighted by Crippen LogP contribution is 2.40. The van der Waals surface area contributed by atoms with Crippen LogP contribution in [0.4, 0.5) is 5.69 Å². The van der Waals surface area contributed by atoms with Crippen molar-refractivity contribution in [1.29, 1.82) is 0 Å². The largest absolute Gasteiger partial charge is 0.495 e. The maximum atomic E-state index is 13.2. The van der Waals surface area contributed by atoms with Gasteiger partial charge in [0, 0.05) is 6.54 Å². The van der Waals surface area contributed by atoms with Crippen LogP contribution in [-0.2, 0) is 6.42 Å². The molecule has 23 heavy (non-hydrogen) atoms. The topological polar surface area (TPSA) is 42.7 Å². The number of benzene rings is 1. The van der Waals surface area contributed by atoms with E-state index in [0.717, 1.165) is 34.5 Å². The zero-order valence-corrected chi connectivity index (χ0v) is 15.4. The Morgan fingerprint density at radius 2 is 2.00 bits per heavy atom. The van der Waals surface area contributed by atoms with Gasteiger partial charge in [0.15, 0.2) is 0 Å². The molecule has 0 atom stereocenters. The highest BCUT2D eigenvalue weighted by molar-refractivity contribution is 9.10. The fraction of sp³-hybridized carbons (Fsp3) is 0.389. The second-order valence-corrected chi connectivity index (χ2v) is 6.67. The molecule has 0 fully saturated rings. The Kier molecular flexibility index (Phi) is 4.23. The predicted octanol–water partition coefficient (Wildman–Crippen LogP) is 4.57. The number of carbonyl (C=O) groups excluding carboxylic acids is 1. The van der Waals surface area contributed by atoms with Crippen molar-refractivity contribution in [3.63, 3.8) is 0 Å². The van der Waals surface area contributed by atoms with Gasteiger partial charge in [-0.2, -0.15) is 0 Å². The molecule has 2 aromatic rings. The van der Waals surface area contributed by atoms with Crippen molar-refractivity contribution in [2.45, 2.75) is 33.6 Å². The Morgan fingerprint density at radius 3 is 2.61 bits per heavy atom. The lowest BCUT2D eigenvalue weighted by Gasteiger charge is -2.32. The Balaban J connectivity index is 2.13. The number of ether oxygens (including phenoxy) is 1. The average molecular weight is 378 g/mol. The van der Waals surface area contributed by atoms with E-state index in [2.05, 4.69) is 28.9 Å². The number of fused-ring (bicyclic) bond motifs is 1. The van der Waals surface area contributed by atoms with Crippen molar-refractivity contribution in [1.82, 2.24) is 0 Å². The minimum absolute atomic E-state index is 0.0453. The van der Waals surface area contributed by atoms with Crippen LogP contribution in [0.5, 0.6) is 5.75 Å². The van der Waals surface area contributed by atoms with Gasteiger partial charge < -0.3 is 14.1 Å². The Hall–Kier alpha value is -1.75. The van der Waals surface area contributed by atoms with Crippen LogP contribution < -0.4 is 9.64 Å². The van der Waals surface area contributed by atoms with Crippen molar-refractivity contribution in [2.24, 2.45) is 0 Å². The predicted molar refractivity (Wildman–Crippen MR) is 93.6 cm³/mol. The zero-order valence-electron chi connectivity index (χ0n) is 13.8. The second-order valence-electron chi connectivity index (χ2n) is 5.88. The molecule has 1 aliphatic heterocycles. The summed E-state index contributed by atoms with van der Waals surface area (Å²) < 4.78 is 11.9. The van der Waals surface area contributed by atoms with E-state index in [-0.39, 0.29) is 5.91 Å². The number of halogens is 1. The van der Waals surface area contributed by atoms with Crippen LogP contribution in [0, 0.1) is 20.8 Å². The molecular weight excluding hydrogens is 358 g/mol. The number of hydrogen-bond acceptors (Lipinski definition) is 3. The number of nitrogens with zero attached hydrogens (tertiary/aromatic N) is 1. The second kappa shape index (κ2) is 6.04. The van der Waals surface area contributed by atoms with Crippen molar-refractivity contribution in [3.05, 3.63) is 44.8 Å². The maximum Gasteiger partial charge on any atom is 0.263 e. The molecule has 5 heteroatoms. The standard InChI is InChI=1S/C18H20BrNO3/c1-10-7-8-14(22-4)17-13(10)6-5-9-20(17)18(21)15-11(2)23-12(3)16(15)19/h7-8H,5-6,9H2,1-4H3. The molecule has 1 amide bonds. The first-order valence-electron chi connectivity index (χ1n) is 7.69. The molecule has 0 saturated carbocycles. The molecular formula is C18H20BrNO3. The molecule has 0 N–H and O–H groups in total. The molecule has 2 heterocycles. The molecule has 1 aromatic carbocycles. The van der Waals surface area contributed by atoms with Gasteiger partial charge in [-0.15, -0.1) is 0 Å². The van der Waals surface area contributed by atoms with Crippen LogP contribution in [0.1, 0.15) is 39.4 Å². The molecule has 1 aliphatic rings. The number of furan rings is 1. The molecule has 4 nitrogen and oxygen atoms in total. The Labute approximate surface area is 144 Å². The third kappa shape index (κ3) is 2.57. The minimum Gasteiger partial charge on any atom is -0.495 e. The number of rotatable bonds is 2. The van der Waals surface area contributed by atoms with Crippen LogP contribution in [0.25, 0.3) is 0 Å². The fourth-order valence-corrected chi connectivity index (χ4v) is 3.79. The summed E-state index contributed by atoms with van der Waals surface area (Å²) in [5, 5.41) is 0. The van der Waals surface area contributed by atoms with E-state index in [1.54, 1.807) is 7.11 Å². The van der Waals surface area contributed by atoms with E-state index in [4.69, 9.17) is 9.15 Å². The van der Waals surface area contributed by atoms with E-state index < -0.39 is 0 Å². The Morgan fingerprint density at radius 1 is 1.26 bits per heavy atom. The lowest BCUT2D eigenvalue weighted by Crippen LogP contribution is -2.36. The first-order valence-corrected chi connectivity index (χ1v) is 8.48. The van der Waals surface area contributed by atoms with Gasteiger partial charge in [-0.3, -0.25) is 4.79 Å². The summed E-state index contributed by atoms with van der Waals surface area (Å²) in [5.41, 5.74) is 3.88. The normalized spacial score (nSPS) is 13.9. The zero-order chi connectivity index (χ0) is 16.7. The van der Waals surface area contributed by atoms with Crippen LogP contribution >= 0.6 is 15.9 Å². The third-order valence-corrected chi connectivity index (χ3v) is 5.38. The van der Waals surface area contributed by atoms with Crippen LogP contribution in [0.15, 0.2) is 21.0 Å².